The lowest BCUT2D eigenvalue weighted by atomic mass is 10.2. The van der Waals surface area contributed by atoms with E-state index in [-0.39, 0.29) is 17.3 Å². The fourth-order valence-electron chi connectivity index (χ4n) is 1.98. The van der Waals surface area contributed by atoms with Gasteiger partial charge in [0.25, 0.3) is 0 Å². The molecule has 0 atom stereocenters. The van der Waals surface area contributed by atoms with E-state index in [1.54, 1.807) is 32.0 Å². The highest BCUT2D eigenvalue weighted by atomic mass is 32.2. The van der Waals surface area contributed by atoms with Crippen LogP contribution in [0.2, 0.25) is 0 Å². The van der Waals surface area contributed by atoms with Crippen LogP contribution >= 0.6 is 0 Å². The van der Waals surface area contributed by atoms with Crippen molar-refractivity contribution in [2.75, 3.05) is 31.3 Å². The molecule has 0 aliphatic heterocycles. The molecule has 2 aromatic rings. The number of carbonyl (C=O) groups excluding carboxylic acids is 1. The van der Waals surface area contributed by atoms with Gasteiger partial charge in [-0.05, 0) is 31.5 Å². The van der Waals surface area contributed by atoms with E-state index in [0.717, 1.165) is 4.31 Å². The van der Waals surface area contributed by atoms with E-state index in [4.69, 9.17) is 4.52 Å². The number of aromatic nitrogens is 1. The third-order valence-corrected chi connectivity index (χ3v) is 5.25. The first kappa shape index (κ1) is 18.0. The summed E-state index contributed by atoms with van der Waals surface area (Å²) in [7, 11) is -0.595. The van der Waals surface area contributed by atoms with Crippen LogP contribution in [0.3, 0.4) is 0 Å². The molecule has 1 heterocycles. The first-order valence-corrected chi connectivity index (χ1v) is 8.64. The molecule has 0 fully saturated rings. The van der Waals surface area contributed by atoms with Crippen LogP contribution in [0.25, 0.3) is 0 Å². The largest absolute Gasteiger partial charge is 0.376 e. The number of nitrogens with one attached hydrogen (secondary N) is 2. The van der Waals surface area contributed by atoms with Crippen LogP contribution in [0.15, 0.2) is 33.7 Å². The molecular formula is C15H20N4O4S. The Hall–Kier alpha value is -2.39. The maximum absolute atomic E-state index is 12.3. The zero-order valence-electron chi connectivity index (χ0n) is 14.0. The Morgan fingerprint density at radius 2 is 1.96 bits per heavy atom. The van der Waals surface area contributed by atoms with Gasteiger partial charge in [-0.25, -0.2) is 12.7 Å². The number of sulfonamides is 1. The highest BCUT2D eigenvalue weighted by molar-refractivity contribution is 7.89. The van der Waals surface area contributed by atoms with Crippen LogP contribution in [0.1, 0.15) is 11.3 Å². The minimum Gasteiger partial charge on any atom is -0.376 e. The molecule has 8 nitrogen and oxygen atoms in total. The number of anilines is 2. The molecule has 0 saturated carbocycles. The van der Waals surface area contributed by atoms with Crippen molar-refractivity contribution in [3.8, 4) is 0 Å². The monoisotopic (exact) mass is 352 g/mol. The predicted octanol–water partition coefficient (Wildman–Crippen LogP) is 1.59. The summed E-state index contributed by atoms with van der Waals surface area (Å²) < 4.78 is 30.6. The molecule has 2 N–H and O–H groups in total. The number of hydrogen-bond acceptors (Lipinski definition) is 6. The van der Waals surface area contributed by atoms with Crippen molar-refractivity contribution in [3.63, 3.8) is 0 Å². The standard InChI is InChI=1S/C15H20N4O4S/c1-10-5-6-12(8-13(10)24(21,22)19(3)4)16-9-15(20)17-14-7-11(2)23-18-14/h5-8,16H,9H2,1-4H3,(H,17,18,20). The summed E-state index contributed by atoms with van der Waals surface area (Å²) in [6, 6.07) is 6.53. The number of nitrogens with zero attached hydrogens (tertiary/aromatic N) is 2. The molecule has 0 radical (unpaired) electrons. The van der Waals surface area contributed by atoms with Crippen molar-refractivity contribution in [1.82, 2.24) is 9.46 Å². The molecule has 1 aromatic heterocycles. The number of carbonyl (C=O) groups is 1. The lowest BCUT2D eigenvalue weighted by Crippen LogP contribution is -2.24. The van der Waals surface area contributed by atoms with Gasteiger partial charge in [-0.2, -0.15) is 0 Å². The van der Waals surface area contributed by atoms with Gasteiger partial charge in [0.1, 0.15) is 5.76 Å². The van der Waals surface area contributed by atoms with Crippen molar-refractivity contribution in [2.24, 2.45) is 0 Å². The fraction of sp³-hybridized carbons (Fsp3) is 0.333. The van der Waals surface area contributed by atoms with Gasteiger partial charge in [0.15, 0.2) is 5.82 Å². The third kappa shape index (κ3) is 4.12. The summed E-state index contributed by atoms with van der Waals surface area (Å²) >= 11 is 0. The molecule has 0 saturated heterocycles. The van der Waals surface area contributed by atoms with Crippen molar-refractivity contribution < 1.29 is 17.7 Å². The smallest absolute Gasteiger partial charge is 0.244 e. The number of amides is 1. The Bertz CT molecular complexity index is 843. The van der Waals surface area contributed by atoms with E-state index in [1.807, 2.05) is 0 Å². The van der Waals surface area contributed by atoms with Gasteiger partial charge < -0.3 is 15.2 Å². The van der Waals surface area contributed by atoms with Crippen molar-refractivity contribution in [2.45, 2.75) is 18.7 Å². The highest BCUT2D eigenvalue weighted by Crippen LogP contribution is 2.22. The van der Waals surface area contributed by atoms with Crippen LogP contribution in [-0.4, -0.2) is 44.4 Å². The molecule has 0 aliphatic carbocycles. The average Bonchev–Trinajstić information content (AvgIpc) is 2.91. The van der Waals surface area contributed by atoms with E-state index in [1.165, 1.54) is 20.2 Å². The SMILES string of the molecule is Cc1cc(NC(=O)CNc2ccc(C)c(S(=O)(=O)N(C)C)c2)no1. The molecule has 130 valence electrons. The van der Waals surface area contributed by atoms with E-state index < -0.39 is 10.0 Å². The van der Waals surface area contributed by atoms with Gasteiger partial charge in [-0.15, -0.1) is 0 Å². The third-order valence-electron chi connectivity index (χ3n) is 3.30. The second-order valence-corrected chi connectivity index (χ2v) is 7.61. The number of hydrogen-bond donors (Lipinski definition) is 2. The quantitative estimate of drug-likeness (QED) is 0.818. The van der Waals surface area contributed by atoms with Gasteiger partial charge in [0.05, 0.1) is 11.4 Å². The minimum atomic E-state index is -3.54. The molecule has 0 unspecified atom stereocenters. The highest BCUT2D eigenvalue weighted by Gasteiger charge is 2.20. The summed E-state index contributed by atoms with van der Waals surface area (Å²) in [4.78, 5) is 12.1. The first-order chi connectivity index (χ1) is 11.2. The molecular weight excluding hydrogens is 332 g/mol. The van der Waals surface area contributed by atoms with Crippen LogP contribution in [0.4, 0.5) is 11.5 Å². The van der Waals surface area contributed by atoms with Gasteiger partial charge in [-0.3, -0.25) is 4.79 Å². The molecule has 0 spiro atoms. The normalized spacial score (nSPS) is 11.5. The van der Waals surface area contributed by atoms with Crippen LogP contribution in [-0.2, 0) is 14.8 Å². The maximum atomic E-state index is 12.3. The molecule has 0 bridgehead atoms. The summed E-state index contributed by atoms with van der Waals surface area (Å²) in [6.45, 7) is 3.41. The molecule has 1 aromatic carbocycles. The van der Waals surface area contributed by atoms with E-state index >= 15 is 0 Å². The average molecular weight is 352 g/mol. The topological polar surface area (TPSA) is 105 Å². The van der Waals surface area contributed by atoms with Gasteiger partial charge in [0.2, 0.25) is 15.9 Å². The van der Waals surface area contributed by atoms with Gasteiger partial charge in [0, 0.05) is 25.8 Å². The fourth-order valence-corrected chi connectivity index (χ4v) is 3.12. The van der Waals surface area contributed by atoms with Crippen molar-refractivity contribution >= 4 is 27.4 Å². The zero-order chi connectivity index (χ0) is 17.9. The summed E-state index contributed by atoms with van der Waals surface area (Å²) in [5, 5.41) is 9.14. The number of rotatable bonds is 6. The Morgan fingerprint density at radius 3 is 2.54 bits per heavy atom. The van der Waals surface area contributed by atoms with E-state index in [2.05, 4.69) is 15.8 Å². The van der Waals surface area contributed by atoms with Crippen molar-refractivity contribution in [1.29, 1.82) is 0 Å². The van der Waals surface area contributed by atoms with E-state index in [0.29, 0.717) is 22.8 Å². The number of aryl methyl sites for hydroxylation is 2. The number of benzene rings is 1. The lowest BCUT2D eigenvalue weighted by Gasteiger charge is -2.15. The summed E-state index contributed by atoms with van der Waals surface area (Å²) in [5.74, 6) is 0.607. The second-order valence-electron chi connectivity index (χ2n) is 5.49. The Balaban J connectivity index is 2.07. The van der Waals surface area contributed by atoms with Crippen LogP contribution in [0, 0.1) is 13.8 Å². The lowest BCUT2D eigenvalue weighted by molar-refractivity contribution is -0.114. The molecule has 9 heteroatoms. The summed E-state index contributed by atoms with van der Waals surface area (Å²) in [5.41, 5.74) is 1.17. The Kier molecular flexibility index (Phi) is 5.25. The molecule has 24 heavy (non-hydrogen) atoms. The predicted molar refractivity (Wildman–Crippen MR) is 90.4 cm³/mol. The Morgan fingerprint density at radius 1 is 1.25 bits per heavy atom. The molecule has 1 amide bonds. The van der Waals surface area contributed by atoms with Crippen LogP contribution in [0.5, 0.6) is 0 Å². The van der Waals surface area contributed by atoms with Crippen molar-refractivity contribution in [3.05, 3.63) is 35.6 Å². The van der Waals surface area contributed by atoms with Gasteiger partial charge >= 0.3 is 0 Å². The molecule has 2 rings (SSSR count). The second kappa shape index (κ2) is 7.02. The minimum absolute atomic E-state index is 0.0313. The maximum Gasteiger partial charge on any atom is 0.244 e. The van der Waals surface area contributed by atoms with E-state index in [9.17, 15) is 13.2 Å². The molecule has 0 aliphatic rings. The van der Waals surface area contributed by atoms with Gasteiger partial charge in [-0.1, -0.05) is 11.2 Å². The zero-order valence-corrected chi connectivity index (χ0v) is 14.8. The first-order valence-electron chi connectivity index (χ1n) is 7.20. The van der Waals surface area contributed by atoms with Crippen LogP contribution < -0.4 is 10.6 Å². The Labute approximate surface area is 140 Å². The summed E-state index contributed by atoms with van der Waals surface area (Å²) in [6.07, 6.45) is 0.